The molecule has 0 fully saturated rings. The molecule has 1 aromatic carbocycles. The molecule has 1 unspecified atom stereocenters. The summed E-state index contributed by atoms with van der Waals surface area (Å²) in [5.74, 6) is -0.469. The van der Waals surface area contributed by atoms with Crippen LogP contribution in [0.25, 0.3) is 0 Å². The number of hydrogen-bond acceptors (Lipinski definition) is 1. The molecular weight excluding hydrogens is 414 g/mol. The third-order valence-corrected chi connectivity index (χ3v) is 5.36. The van der Waals surface area contributed by atoms with Crippen LogP contribution in [-0.2, 0) is 0 Å². The van der Waals surface area contributed by atoms with Crippen LogP contribution < -0.4 is 0 Å². The zero-order chi connectivity index (χ0) is 12.6. The second kappa shape index (κ2) is 5.57. The second-order valence-electron chi connectivity index (χ2n) is 3.29. The number of rotatable bonds is 2. The van der Waals surface area contributed by atoms with Crippen molar-refractivity contribution in [2.75, 3.05) is 0 Å². The van der Waals surface area contributed by atoms with Crippen LogP contribution in [0.4, 0.5) is 4.39 Å². The normalized spacial score (nSPS) is 12.8. The maximum absolute atomic E-state index is 13.8. The van der Waals surface area contributed by atoms with Gasteiger partial charge in [-0.05, 0) is 44.0 Å². The lowest BCUT2D eigenvalue weighted by atomic mass is 10.1. The molecule has 17 heavy (non-hydrogen) atoms. The molecule has 0 saturated heterocycles. The summed E-state index contributed by atoms with van der Waals surface area (Å²) in [6.45, 7) is 0. The molecule has 6 heteroatoms. The lowest BCUT2D eigenvalue weighted by Crippen LogP contribution is -1.96. The van der Waals surface area contributed by atoms with Crippen LogP contribution in [-0.4, -0.2) is 0 Å². The predicted molar refractivity (Wildman–Crippen MR) is 78.8 cm³/mol. The quantitative estimate of drug-likeness (QED) is 0.495. The molecule has 1 aromatic heterocycles. The van der Waals surface area contributed by atoms with Crippen LogP contribution in [0, 0.1) is 5.82 Å². The number of hydrogen-bond donors (Lipinski definition) is 0. The molecule has 0 aliphatic carbocycles. The first kappa shape index (κ1) is 13.8. The summed E-state index contributed by atoms with van der Waals surface area (Å²) in [5.41, 5.74) is 1.20. The molecule has 0 N–H and O–H groups in total. The molecule has 2 rings (SSSR count). The zero-order valence-corrected chi connectivity index (χ0v) is 13.7. The van der Waals surface area contributed by atoms with E-state index in [1.807, 2.05) is 6.07 Å². The number of halogens is 5. The summed E-state index contributed by atoms with van der Waals surface area (Å²) < 4.78 is 15.7. The Morgan fingerprint density at radius 3 is 2.53 bits per heavy atom. The fourth-order valence-electron chi connectivity index (χ4n) is 1.41. The van der Waals surface area contributed by atoms with E-state index in [-0.39, 0.29) is 5.02 Å². The van der Waals surface area contributed by atoms with E-state index in [9.17, 15) is 4.39 Å². The molecule has 0 bridgehead atoms. The summed E-state index contributed by atoms with van der Waals surface area (Å²) in [6, 6.07) is 6.69. The zero-order valence-electron chi connectivity index (χ0n) is 8.18. The number of benzene rings is 1. The lowest BCUT2D eigenvalue weighted by Gasteiger charge is -2.10. The third-order valence-electron chi connectivity index (χ3n) is 2.21. The maximum atomic E-state index is 13.8. The summed E-state index contributed by atoms with van der Waals surface area (Å²) in [7, 11) is 0. The van der Waals surface area contributed by atoms with E-state index < -0.39 is 11.2 Å². The van der Waals surface area contributed by atoms with Crippen LogP contribution in [0.3, 0.4) is 0 Å². The van der Waals surface area contributed by atoms with Gasteiger partial charge in [0.05, 0.1) is 18.0 Å². The highest BCUT2D eigenvalue weighted by molar-refractivity contribution is 9.12. The Balaban J connectivity index is 2.47. The fourth-order valence-corrected chi connectivity index (χ4v) is 5.03. The van der Waals surface area contributed by atoms with Crippen molar-refractivity contribution in [2.45, 2.75) is 5.38 Å². The molecule has 0 amide bonds. The van der Waals surface area contributed by atoms with Gasteiger partial charge in [0.1, 0.15) is 5.82 Å². The highest BCUT2D eigenvalue weighted by Gasteiger charge is 2.20. The Bertz CT molecular complexity index is 556. The Morgan fingerprint density at radius 1 is 1.24 bits per heavy atom. The van der Waals surface area contributed by atoms with Crippen LogP contribution in [0.15, 0.2) is 31.8 Å². The van der Waals surface area contributed by atoms with Crippen molar-refractivity contribution in [3.8, 4) is 0 Å². The van der Waals surface area contributed by atoms with Crippen molar-refractivity contribution in [3.05, 3.63) is 53.8 Å². The van der Waals surface area contributed by atoms with Crippen LogP contribution in [0.2, 0.25) is 5.02 Å². The molecule has 90 valence electrons. The first-order chi connectivity index (χ1) is 8.00. The first-order valence-electron chi connectivity index (χ1n) is 4.53. The van der Waals surface area contributed by atoms with Crippen LogP contribution in [0.1, 0.15) is 16.5 Å². The monoisotopic (exact) mass is 416 g/mol. The molecule has 0 nitrogen and oxygen atoms in total. The minimum absolute atomic E-state index is 0.0820. The molecule has 0 radical (unpaired) electrons. The van der Waals surface area contributed by atoms with E-state index in [4.69, 9.17) is 23.2 Å². The van der Waals surface area contributed by atoms with Crippen molar-refractivity contribution < 1.29 is 4.39 Å². The highest BCUT2D eigenvalue weighted by atomic mass is 79.9. The van der Waals surface area contributed by atoms with E-state index in [0.29, 0.717) is 5.56 Å². The summed E-state index contributed by atoms with van der Waals surface area (Å²) in [6.07, 6.45) is 0. The van der Waals surface area contributed by atoms with Gasteiger partial charge >= 0.3 is 0 Å². The Labute approximate surface area is 129 Å². The average Bonchev–Trinajstić information content (AvgIpc) is 2.61. The summed E-state index contributed by atoms with van der Waals surface area (Å²) in [4.78, 5) is 0. The topological polar surface area (TPSA) is 0 Å². The number of alkyl halides is 1. The Morgan fingerprint density at radius 2 is 1.94 bits per heavy atom. The van der Waals surface area contributed by atoms with Crippen LogP contribution >= 0.6 is 66.4 Å². The minimum atomic E-state index is -0.564. The molecule has 1 atom stereocenters. The van der Waals surface area contributed by atoms with Gasteiger partial charge in [-0.15, -0.1) is 22.9 Å². The Hall–Kier alpha value is 0.390. The molecule has 0 saturated carbocycles. The molecule has 0 spiro atoms. The summed E-state index contributed by atoms with van der Waals surface area (Å²) >= 11 is 20.3. The van der Waals surface area contributed by atoms with Gasteiger partial charge in [-0.1, -0.05) is 23.7 Å². The standard InChI is InChI=1S/C11H5Br2Cl2FS/c12-8-4-6(11(13)17-8)9(15)5-2-1-3-7(14)10(5)16/h1-4,9H. The van der Waals surface area contributed by atoms with E-state index in [1.165, 1.54) is 17.4 Å². The predicted octanol–water partition coefficient (Wildman–Crippen LogP) is 6.39. The maximum Gasteiger partial charge on any atom is 0.146 e. The lowest BCUT2D eigenvalue weighted by molar-refractivity contribution is 0.613. The van der Waals surface area contributed by atoms with Gasteiger partial charge in [-0.2, -0.15) is 0 Å². The fraction of sp³-hybridized carbons (Fsp3) is 0.0909. The second-order valence-corrected chi connectivity index (χ2v) is 7.88. The van der Waals surface area contributed by atoms with Crippen LogP contribution in [0.5, 0.6) is 0 Å². The smallest absolute Gasteiger partial charge is 0.146 e. The van der Waals surface area contributed by atoms with Gasteiger partial charge in [0.2, 0.25) is 0 Å². The van der Waals surface area contributed by atoms with Crippen molar-refractivity contribution >= 4 is 66.4 Å². The molecule has 0 aliphatic heterocycles. The van der Waals surface area contributed by atoms with Crippen molar-refractivity contribution in [2.24, 2.45) is 0 Å². The molecule has 2 aromatic rings. The van der Waals surface area contributed by atoms with Crippen molar-refractivity contribution in [1.29, 1.82) is 0 Å². The van der Waals surface area contributed by atoms with E-state index in [2.05, 4.69) is 31.9 Å². The average molecular weight is 419 g/mol. The van der Waals surface area contributed by atoms with Crippen molar-refractivity contribution in [3.63, 3.8) is 0 Å². The van der Waals surface area contributed by atoms with Gasteiger partial charge in [0, 0.05) is 11.1 Å². The third kappa shape index (κ3) is 2.87. The van der Waals surface area contributed by atoms with E-state index in [0.717, 1.165) is 13.1 Å². The van der Waals surface area contributed by atoms with Gasteiger partial charge < -0.3 is 0 Å². The molecule has 0 aliphatic rings. The number of thiophene rings is 1. The largest absolute Gasteiger partial charge is 0.205 e. The first-order valence-corrected chi connectivity index (χ1v) is 7.75. The van der Waals surface area contributed by atoms with Gasteiger partial charge in [0.15, 0.2) is 0 Å². The molecular formula is C11H5Br2Cl2FS. The van der Waals surface area contributed by atoms with Gasteiger partial charge in [-0.3, -0.25) is 0 Å². The minimum Gasteiger partial charge on any atom is -0.205 e. The van der Waals surface area contributed by atoms with Gasteiger partial charge in [0.25, 0.3) is 0 Å². The van der Waals surface area contributed by atoms with E-state index >= 15 is 0 Å². The Kier molecular flexibility index (Phi) is 4.53. The highest BCUT2D eigenvalue weighted by Crippen LogP contribution is 2.42. The molecule has 1 heterocycles. The van der Waals surface area contributed by atoms with E-state index in [1.54, 1.807) is 12.1 Å². The SMILES string of the molecule is Fc1c(Cl)cccc1C(Cl)c1cc(Br)sc1Br. The summed E-state index contributed by atoms with van der Waals surface area (Å²) in [5, 5.41) is -0.482. The van der Waals surface area contributed by atoms with Crippen molar-refractivity contribution in [1.82, 2.24) is 0 Å². The van der Waals surface area contributed by atoms with Gasteiger partial charge in [-0.25, -0.2) is 4.39 Å².